The van der Waals surface area contributed by atoms with E-state index in [0.29, 0.717) is 6.61 Å². The van der Waals surface area contributed by atoms with E-state index < -0.39 is 20.5 Å². The molecule has 26 heavy (non-hydrogen) atoms. The van der Waals surface area contributed by atoms with E-state index in [2.05, 4.69) is 15.9 Å². The van der Waals surface area contributed by atoms with Crippen LogP contribution in [0.15, 0.2) is 64.0 Å². The molecular formula is C19H20BrNO3S2. The maximum atomic E-state index is 13.3. The van der Waals surface area contributed by atoms with Crippen molar-refractivity contribution in [3.63, 3.8) is 0 Å². The molecule has 0 bridgehead atoms. The van der Waals surface area contributed by atoms with Gasteiger partial charge in [0.2, 0.25) is 0 Å². The first-order valence-electron chi connectivity index (χ1n) is 8.27. The standard InChI is InChI=1S/C19H20BrNO3S2/c1-2-24-12-19(18(21)25)16(13-8-10-14(20)11-9-13)17(19)26(22,23)15-6-4-3-5-7-15/h3-11,16-17H,2,12H2,1H3,(H2,21,25)/t16-,17+,19-/m1/s1. The molecule has 2 aromatic carbocycles. The van der Waals surface area contributed by atoms with Crippen LogP contribution in [0.4, 0.5) is 0 Å². The molecule has 1 saturated carbocycles. The molecule has 1 aliphatic carbocycles. The molecule has 3 rings (SSSR count). The van der Waals surface area contributed by atoms with Gasteiger partial charge in [0.1, 0.15) is 0 Å². The maximum Gasteiger partial charge on any atom is 0.182 e. The highest BCUT2D eigenvalue weighted by Crippen LogP contribution is 2.64. The molecule has 0 aliphatic heterocycles. The fourth-order valence-electron chi connectivity index (χ4n) is 3.57. The van der Waals surface area contributed by atoms with E-state index in [-0.39, 0.29) is 22.4 Å². The number of benzene rings is 2. The van der Waals surface area contributed by atoms with Crippen LogP contribution in [0.5, 0.6) is 0 Å². The van der Waals surface area contributed by atoms with Gasteiger partial charge >= 0.3 is 0 Å². The van der Waals surface area contributed by atoms with Crippen LogP contribution in [-0.4, -0.2) is 31.9 Å². The second-order valence-electron chi connectivity index (χ2n) is 6.35. The van der Waals surface area contributed by atoms with Crippen LogP contribution in [0.3, 0.4) is 0 Å². The summed E-state index contributed by atoms with van der Waals surface area (Å²) in [6.45, 7) is 2.52. The van der Waals surface area contributed by atoms with Crippen molar-refractivity contribution in [3.05, 3.63) is 64.6 Å². The number of halogens is 1. The predicted octanol–water partition coefficient (Wildman–Crippen LogP) is 3.70. The van der Waals surface area contributed by atoms with Gasteiger partial charge in [-0.15, -0.1) is 0 Å². The van der Waals surface area contributed by atoms with E-state index in [1.165, 1.54) is 0 Å². The SMILES string of the molecule is CCOC[C@@]1(C(N)=S)[C@H](c2ccc(Br)cc2)[C@@H]1S(=O)(=O)c1ccccc1. The lowest BCUT2D eigenvalue weighted by Gasteiger charge is -2.17. The van der Waals surface area contributed by atoms with Gasteiger partial charge in [-0.3, -0.25) is 0 Å². The van der Waals surface area contributed by atoms with E-state index in [4.69, 9.17) is 22.7 Å². The predicted molar refractivity (Wildman–Crippen MR) is 110 cm³/mol. The van der Waals surface area contributed by atoms with Gasteiger partial charge in [0.25, 0.3) is 0 Å². The first kappa shape index (κ1) is 19.5. The van der Waals surface area contributed by atoms with Crippen molar-refractivity contribution in [2.75, 3.05) is 13.2 Å². The van der Waals surface area contributed by atoms with E-state index >= 15 is 0 Å². The number of hydrogen-bond acceptors (Lipinski definition) is 4. The molecule has 0 heterocycles. The lowest BCUT2D eigenvalue weighted by Crippen LogP contribution is -2.33. The Morgan fingerprint density at radius 3 is 2.35 bits per heavy atom. The molecule has 0 unspecified atom stereocenters. The Morgan fingerprint density at radius 2 is 1.81 bits per heavy atom. The van der Waals surface area contributed by atoms with Crippen LogP contribution in [0.25, 0.3) is 0 Å². The molecule has 138 valence electrons. The lowest BCUT2D eigenvalue weighted by atomic mass is 10.00. The Balaban J connectivity index is 2.10. The summed E-state index contributed by atoms with van der Waals surface area (Å²) in [6, 6.07) is 16.1. The third kappa shape index (κ3) is 3.22. The number of thiocarbonyl (C=S) groups is 1. The van der Waals surface area contributed by atoms with E-state index in [1.54, 1.807) is 30.3 Å². The molecule has 3 atom stereocenters. The van der Waals surface area contributed by atoms with Gasteiger partial charge in [-0.1, -0.05) is 58.5 Å². The van der Waals surface area contributed by atoms with Crippen LogP contribution >= 0.6 is 28.1 Å². The Labute approximate surface area is 167 Å². The molecule has 0 spiro atoms. The third-order valence-electron chi connectivity index (χ3n) is 4.90. The minimum absolute atomic E-state index is 0.184. The zero-order valence-electron chi connectivity index (χ0n) is 14.3. The highest BCUT2D eigenvalue weighted by Gasteiger charge is 2.73. The largest absolute Gasteiger partial charge is 0.393 e. The smallest absolute Gasteiger partial charge is 0.182 e. The van der Waals surface area contributed by atoms with Crippen molar-refractivity contribution in [2.45, 2.75) is 23.0 Å². The third-order valence-corrected chi connectivity index (χ3v) is 8.09. The van der Waals surface area contributed by atoms with E-state index in [1.807, 2.05) is 31.2 Å². The second-order valence-corrected chi connectivity index (χ2v) is 9.77. The minimum Gasteiger partial charge on any atom is -0.393 e. The molecular weight excluding hydrogens is 434 g/mol. The molecule has 1 fully saturated rings. The van der Waals surface area contributed by atoms with Gasteiger partial charge in [-0.05, 0) is 36.8 Å². The quantitative estimate of drug-likeness (QED) is 0.647. The summed E-state index contributed by atoms with van der Waals surface area (Å²) in [7, 11) is -3.62. The Morgan fingerprint density at radius 1 is 1.19 bits per heavy atom. The highest BCUT2D eigenvalue weighted by atomic mass is 79.9. The fourth-order valence-corrected chi connectivity index (χ4v) is 6.62. The monoisotopic (exact) mass is 453 g/mol. The summed E-state index contributed by atoms with van der Waals surface area (Å²) in [4.78, 5) is 0.463. The normalized spacial score (nSPS) is 25.0. The number of nitrogens with two attached hydrogens (primary N) is 1. The summed E-state index contributed by atoms with van der Waals surface area (Å²) < 4.78 is 33.2. The van der Waals surface area contributed by atoms with Gasteiger partial charge < -0.3 is 10.5 Å². The van der Waals surface area contributed by atoms with Gasteiger partial charge in [0.15, 0.2) is 9.84 Å². The minimum atomic E-state index is -3.62. The molecule has 0 amide bonds. The highest BCUT2D eigenvalue weighted by molar-refractivity contribution is 9.10. The first-order chi connectivity index (χ1) is 12.4. The van der Waals surface area contributed by atoms with Crippen LogP contribution in [0.1, 0.15) is 18.4 Å². The number of hydrogen-bond donors (Lipinski definition) is 1. The van der Waals surface area contributed by atoms with Gasteiger partial charge in [0, 0.05) is 17.0 Å². The lowest BCUT2D eigenvalue weighted by molar-refractivity contribution is 0.121. The maximum absolute atomic E-state index is 13.3. The first-order valence-corrected chi connectivity index (χ1v) is 11.0. The molecule has 2 N–H and O–H groups in total. The van der Waals surface area contributed by atoms with Crippen molar-refractivity contribution < 1.29 is 13.2 Å². The van der Waals surface area contributed by atoms with Crippen molar-refractivity contribution in [3.8, 4) is 0 Å². The van der Waals surface area contributed by atoms with Gasteiger partial charge in [0.05, 0.1) is 27.2 Å². The summed E-state index contributed by atoms with van der Waals surface area (Å²) >= 11 is 8.74. The molecule has 7 heteroatoms. The molecule has 4 nitrogen and oxygen atoms in total. The molecule has 0 radical (unpaired) electrons. The van der Waals surface area contributed by atoms with Gasteiger partial charge in [-0.2, -0.15) is 0 Å². The number of ether oxygens (including phenoxy) is 1. The van der Waals surface area contributed by atoms with Crippen LogP contribution < -0.4 is 5.73 Å². The van der Waals surface area contributed by atoms with Crippen molar-refractivity contribution in [2.24, 2.45) is 11.1 Å². The summed E-state index contributed by atoms with van der Waals surface area (Å²) in [6.07, 6.45) is 0. The molecule has 0 aromatic heterocycles. The molecule has 2 aromatic rings. The Hall–Kier alpha value is -1.28. The van der Waals surface area contributed by atoms with Gasteiger partial charge in [-0.25, -0.2) is 8.42 Å². The Kier molecular flexibility index (Phi) is 5.53. The van der Waals surface area contributed by atoms with Crippen LogP contribution in [0, 0.1) is 5.41 Å². The number of rotatable bonds is 7. The molecule has 0 saturated heterocycles. The summed E-state index contributed by atoms with van der Waals surface area (Å²) in [5, 5.41) is -0.734. The van der Waals surface area contributed by atoms with Crippen LogP contribution in [0.2, 0.25) is 0 Å². The van der Waals surface area contributed by atoms with Crippen LogP contribution in [-0.2, 0) is 14.6 Å². The summed E-state index contributed by atoms with van der Waals surface area (Å²) in [5.74, 6) is -0.329. The van der Waals surface area contributed by atoms with E-state index in [9.17, 15) is 8.42 Å². The fraction of sp³-hybridized carbons (Fsp3) is 0.316. The van der Waals surface area contributed by atoms with Crippen molar-refractivity contribution in [1.82, 2.24) is 0 Å². The average Bonchev–Trinajstić information content (AvgIpc) is 3.33. The average molecular weight is 454 g/mol. The Bertz CT molecular complexity index is 900. The summed E-state index contributed by atoms with van der Waals surface area (Å²) in [5.41, 5.74) is 6.07. The zero-order valence-corrected chi connectivity index (χ0v) is 17.5. The molecule has 1 aliphatic rings. The van der Waals surface area contributed by atoms with Crippen molar-refractivity contribution in [1.29, 1.82) is 0 Å². The van der Waals surface area contributed by atoms with Crippen molar-refractivity contribution >= 4 is 43.0 Å². The number of sulfone groups is 1. The second kappa shape index (κ2) is 7.38. The van der Waals surface area contributed by atoms with E-state index in [0.717, 1.165) is 10.0 Å². The topological polar surface area (TPSA) is 69.4 Å². The zero-order chi connectivity index (χ0) is 18.9.